The molecule has 2 aromatic carbocycles. The van der Waals surface area contributed by atoms with Crippen LogP contribution in [-0.4, -0.2) is 18.3 Å². The summed E-state index contributed by atoms with van der Waals surface area (Å²) in [7, 11) is 0. The molecule has 2 rings (SSSR count). The topological polar surface area (TPSA) is 33.3 Å². The monoisotopic (exact) mass is 346 g/mol. The summed E-state index contributed by atoms with van der Waals surface area (Å²) < 4.78 is 18.6. The molecule has 1 atom stereocenters. The molecular weight excluding hydrogens is 323 g/mol. The lowest BCUT2D eigenvalue weighted by atomic mass is 10.1. The Morgan fingerprint density at radius 1 is 1.08 bits per heavy atom. The van der Waals surface area contributed by atoms with Gasteiger partial charge in [-0.15, -0.1) is 0 Å². The number of nitrogens with one attached hydrogen (secondary N) is 2. The van der Waals surface area contributed by atoms with Crippen molar-refractivity contribution in [1.29, 1.82) is 0 Å². The van der Waals surface area contributed by atoms with Crippen LogP contribution in [0.3, 0.4) is 0 Å². The third kappa shape index (κ3) is 6.64. The van der Waals surface area contributed by atoms with Gasteiger partial charge in [-0.1, -0.05) is 42.5 Å². The first-order valence-corrected chi connectivity index (χ1v) is 8.48. The van der Waals surface area contributed by atoms with Gasteiger partial charge in [0.1, 0.15) is 5.82 Å². The van der Waals surface area contributed by atoms with Gasteiger partial charge in [0.15, 0.2) is 5.11 Å². The minimum atomic E-state index is -0.232. The molecule has 5 heteroatoms. The summed E-state index contributed by atoms with van der Waals surface area (Å²) >= 11 is 5.22. The summed E-state index contributed by atoms with van der Waals surface area (Å²) in [4.78, 5) is 0. The zero-order valence-corrected chi connectivity index (χ0v) is 14.6. The second kappa shape index (κ2) is 10.0. The Bertz CT molecular complexity index is 619. The molecule has 0 saturated heterocycles. The molecule has 0 spiro atoms. The van der Waals surface area contributed by atoms with Gasteiger partial charge in [0.2, 0.25) is 0 Å². The molecule has 0 unspecified atom stereocenters. The van der Waals surface area contributed by atoms with Crippen molar-refractivity contribution in [3.63, 3.8) is 0 Å². The van der Waals surface area contributed by atoms with Crippen molar-refractivity contribution in [2.75, 3.05) is 13.2 Å². The molecule has 0 heterocycles. The van der Waals surface area contributed by atoms with E-state index in [2.05, 4.69) is 29.7 Å². The fraction of sp³-hybridized carbons (Fsp3) is 0.316. The van der Waals surface area contributed by atoms with Crippen molar-refractivity contribution in [2.24, 2.45) is 0 Å². The Hall–Kier alpha value is -1.98. The smallest absolute Gasteiger partial charge is 0.166 e. The molecule has 3 nitrogen and oxygen atoms in total. The van der Waals surface area contributed by atoms with E-state index in [1.807, 2.05) is 18.2 Å². The molecule has 128 valence electrons. The van der Waals surface area contributed by atoms with Crippen molar-refractivity contribution in [3.8, 4) is 0 Å². The number of rotatable bonds is 8. The van der Waals surface area contributed by atoms with Crippen LogP contribution in [0.2, 0.25) is 0 Å². The van der Waals surface area contributed by atoms with Crippen molar-refractivity contribution >= 4 is 17.3 Å². The molecule has 0 radical (unpaired) electrons. The summed E-state index contributed by atoms with van der Waals surface area (Å²) in [5.74, 6) is -0.232. The highest BCUT2D eigenvalue weighted by Gasteiger charge is 2.04. The molecule has 0 saturated carbocycles. The van der Waals surface area contributed by atoms with E-state index in [9.17, 15) is 4.39 Å². The second-order valence-electron chi connectivity index (χ2n) is 5.51. The number of hydrogen-bond acceptors (Lipinski definition) is 2. The maximum absolute atomic E-state index is 12.8. The van der Waals surface area contributed by atoms with Crippen LogP contribution in [0.5, 0.6) is 0 Å². The van der Waals surface area contributed by atoms with Crippen molar-refractivity contribution in [3.05, 3.63) is 71.5 Å². The highest BCUT2D eigenvalue weighted by molar-refractivity contribution is 7.80. The molecule has 0 amide bonds. The predicted octanol–water partition coefficient (Wildman–Crippen LogP) is 3.96. The molecule has 2 N–H and O–H groups in total. The van der Waals surface area contributed by atoms with Gasteiger partial charge < -0.3 is 15.4 Å². The fourth-order valence-electron chi connectivity index (χ4n) is 2.20. The quantitative estimate of drug-likeness (QED) is 0.560. The van der Waals surface area contributed by atoms with E-state index in [4.69, 9.17) is 17.0 Å². The largest absolute Gasteiger partial charge is 0.374 e. The third-order valence-electron chi connectivity index (χ3n) is 3.61. The highest BCUT2D eigenvalue weighted by Crippen LogP contribution is 2.15. The van der Waals surface area contributed by atoms with Gasteiger partial charge in [-0.25, -0.2) is 4.39 Å². The average molecular weight is 346 g/mol. The van der Waals surface area contributed by atoms with E-state index in [0.29, 0.717) is 18.3 Å². The second-order valence-corrected chi connectivity index (χ2v) is 5.92. The minimum absolute atomic E-state index is 0.0924. The van der Waals surface area contributed by atoms with Crippen molar-refractivity contribution < 1.29 is 9.13 Å². The van der Waals surface area contributed by atoms with E-state index < -0.39 is 0 Å². The van der Waals surface area contributed by atoms with Crippen LogP contribution >= 0.6 is 12.2 Å². The number of hydrogen-bond donors (Lipinski definition) is 2. The molecule has 24 heavy (non-hydrogen) atoms. The summed E-state index contributed by atoms with van der Waals surface area (Å²) in [5, 5.41) is 6.84. The van der Waals surface area contributed by atoms with E-state index >= 15 is 0 Å². The summed E-state index contributed by atoms with van der Waals surface area (Å²) in [6.07, 6.45) is 0.963. The zero-order valence-electron chi connectivity index (χ0n) is 13.8. The van der Waals surface area contributed by atoms with Crippen LogP contribution in [0, 0.1) is 5.82 Å². The maximum Gasteiger partial charge on any atom is 0.166 e. The van der Waals surface area contributed by atoms with Gasteiger partial charge in [-0.2, -0.15) is 0 Å². The van der Waals surface area contributed by atoms with Crippen LogP contribution in [0.25, 0.3) is 0 Å². The molecule has 0 aliphatic carbocycles. The third-order valence-corrected chi connectivity index (χ3v) is 3.90. The molecule has 0 aliphatic heterocycles. The van der Waals surface area contributed by atoms with Crippen LogP contribution < -0.4 is 10.6 Å². The first-order valence-electron chi connectivity index (χ1n) is 8.08. The summed E-state index contributed by atoms with van der Waals surface area (Å²) in [5.41, 5.74) is 2.17. The number of ether oxygens (including phenoxy) is 1. The van der Waals surface area contributed by atoms with Crippen LogP contribution in [-0.2, 0) is 11.3 Å². The Morgan fingerprint density at radius 2 is 1.79 bits per heavy atom. The van der Waals surface area contributed by atoms with Gasteiger partial charge in [-0.05, 0) is 48.8 Å². The molecule has 0 aliphatic rings. The summed E-state index contributed by atoms with van der Waals surface area (Å²) in [6.45, 7) is 4.05. The molecule has 2 aromatic rings. The Labute approximate surface area is 148 Å². The first-order chi connectivity index (χ1) is 11.6. The zero-order chi connectivity index (χ0) is 17.2. The maximum atomic E-state index is 12.8. The minimum Gasteiger partial charge on any atom is -0.374 e. The first kappa shape index (κ1) is 18.4. The van der Waals surface area contributed by atoms with Crippen LogP contribution in [0.4, 0.5) is 4.39 Å². The van der Waals surface area contributed by atoms with E-state index in [0.717, 1.165) is 18.5 Å². The number of benzene rings is 2. The van der Waals surface area contributed by atoms with E-state index in [1.165, 1.54) is 17.7 Å². The molecule has 0 aromatic heterocycles. The standard InChI is InChI=1S/C19H23FN2OS/c1-15(17-6-3-2-4-7-17)23-13-5-12-21-19(24)22-14-16-8-10-18(20)11-9-16/h2-4,6-11,15H,5,12-14H2,1H3,(H2,21,22,24)/t15-/m1/s1. The van der Waals surface area contributed by atoms with E-state index in [1.54, 1.807) is 12.1 Å². The fourth-order valence-corrected chi connectivity index (χ4v) is 2.38. The number of halogens is 1. The Balaban J connectivity index is 1.55. The van der Waals surface area contributed by atoms with Crippen molar-refractivity contribution in [1.82, 2.24) is 10.6 Å². The predicted molar refractivity (Wildman–Crippen MR) is 99.3 cm³/mol. The molecular formula is C19H23FN2OS. The van der Waals surface area contributed by atoms with Gasteiger partial charge in [0.25, 0.3) is 0 Å². The van der Waals surface area contributed by atoms with Gasteiger partial charge in [0, 0.05) is 19.7 Å². The highest BCUT2D eigenvalue weighted by atomic mass is 32.1. The SMILES string of the molecule is C[C@@H](OCCCNC(=S)NCc1ccc(F)cc1)c1ccccc1. The normalized spacial score (nSPS) is 11.8. The molecule has 0 bridgehead atoms. The Kier molecular flexibility index (Phi) is 7.65. The lowest BCUT2D eigenvalue weighted by Gasteiger charge is -2.14. The molecule has 0 fully saturated rings. The lowest BCUT2D eigenvalue weighted by Crippen LogP contribution is -2.35. The van der Waals surface area contributed by atoms with Gasteiger partial charge in [-0.3, -0.25) is 0 Å². The Morgan fingerprint density at radius 3 is 2.50 bits per heavy atom. The van der Waals surface area contributed by atoms with E-state index in [-0.39, 0.29) is 11.9 Å². The van der Waals surface area contributed by atoms with Crippen LogP contribution in [0.15, 0.2) is 54.6 Å². The van der Waals surface area contributed by atoms with Crippen LogP contribution in [0.1, 0.15) is 30.6 Å². The average Bonchev–Trinajstić information content (AvgIpc) is 2.61. The number of thiocarbonyl (C=S) groups is 1. The summed E-state index contributed by atoms with van der Waals surface area (Å²) in [6, 6.07) is 16.5. The lowest BCUT2D eigenvalue weighted by molar-refractivity contribution is 0.0646. The van der Waals surface area contributed by atoms with Gasteiger partial charge >= 0.3 is 0 Å². The van der Waals surface area contributed by atoms with Crippen molar-refractivity contribution in [2.45, 2.75) is 26.0 Å². The van der Waals surface area contributed by atoms with Gasteiger partial charge in [0.05, 0.1) is 6.10 Å².